The Morgan fingerprint density at radius 1 is 0.479 bits per heavy atom. The first kappa shape index (κ1) is 123. The molecule has 7 aromatic rings. The van der Waals surface area contributed by atoms with E-state index in [0.717, 1.165) is 91.5 Å². The van der Waals surface area contributed by atoms with Crippen molar-refractivity contribution in [2.75, 3.05) is 81.5 Å². The zero-order valence-corrected chi connectivity index (χ0v) is 92.6. The fourth-order valence-corrected chi connectivity index (χ4v) is 22.2. The summed E-state index contributed by atoms with van der Waals surface area (Å²) in [5.41, 5.74) is 7.85. The maximum Gasteiger partial charge on any atom is 0.455 e. The molecule has 5 unspecified atom stereocenters. The van der Waals surface area contributed by atoms with Crippen molar-refractivity contribution in [1.82, 2.24) is 49.8 Å². The van der Waals surface area contributed by atoms with Crippen LogP contribution in [0, 0.1) is 11.3 Å². The molecule has 4 aliphatic rings. The highest BCUT2D eigenvalue weighted by Gasteiger charge is 2.42. The molecule has 34 nitrogen and oxygen atoms in total. The van der Waals surface area contributed by atoms with E-state index in [-0.39, 0.29) is 112 Å². The van der Waals surface area contributed by atoms with E-state index in [1.165, 1.54) is 42.1 Å². The van der Waals surface area contributed by atoms with E-state index >= 15 is 0 Å². The number of carbonyl (C=O) groups is 10. The topological polar surface area (TPSA) is 371 Å². The Morgan fingerprint density at radius 2 is 0.915 bits per heavy atom. The zero-order chi connectivity index (χ0) is 105. The van der Waals surface area contributed by atoms with Gasteiger partial charge in [-0.05, 0) is 162 Å². The Bertz CT molecular complexity index is 5490. The minimum absolute atomic E-state index is 0.0615. The molecule has 0 spiro atoms. The number of rotatable bonds is 30. The van der Waals surface area contributed by atoms with E-state index in [1.54, 1.807) is 183 Å². The summed E-state index contributed by atoms with van der Waals surface area (Å²) in [6.45, 7) is 25.0. The highest BCUT2D eigenvalue weighted by molar-refractivity contribution is 8.26. The number of ether oxygens (including phenoxy) is 6. The molecule has 0 aliphatic carbocycles. The number of allylic oxidation sites excluding steroid dienone is 2. The summed E-state index contributed by atoms with van der Waals surface area (Å²) in [6.07, 6.45) is 15.2. The molecule has 762 valence electrons. The number of hydrogen-bond donors (Lipinski definition) is 1. The molecular formula is C93H112N15O19PS14. The fourth-order valence-electron chi connectivity index (χ4n) is 11.3. The van der Waals surface area contributed by atoms with Gasteiger partial charge >= 0.3 is 43.6 Å². The molecule has 0 saturated carbocycles. The molecule has 0 radical (unpaired) electrons. The average Bonchev–Trinajstić information content (AvgIpc) is 1.12. The van der Waals surface area contributed by atoms with Crippen LogP contribution >= 0.6 is 176 Å². The lowest BCUT2D eigenvalue weighted by molar-refractivity contribution is -0.153. The standard InChI is InChI=1S/C19H15N3O2S2.C18H20N2O4S2.C17H27N2O5PS2.C11H10N2S2.C10H14N2O3S2.C9H14N2O3S2.C9H12N2O2S2/c20-13-16(14-7-3-1-4-8-14)26-19(25)22-18(24)12-11-17(23)21(22)15-9-5-2-6-10-15;1-3-23-16(21)15(17(22)24-4-2)26-18(25)20-13-9-8-12-19(20)14-10-6-5-7-11-14;1-6-22-16(20)14(4)27-17(26)19(25(21,23-7-2)24-8-3)18(5)15-12-10-9-11-13-15;14-11(13-8-4-7-12-13)15-9-10-5-2-1-3-6-10;1-4-15-9(14)7(3)17-10(16)12-8(13)5-6(2)11-12;1-3-14-8(13)6(2)16-9(15)11-7(12)4-5-10-11;1-3-13-8(12)7(2)15-9(14)11-6-4-5-10-11/h1-10,16H,11-12H2;5-13,15H,3-4H2,1-2H3;9-14H,6-8H2,1-5H3;1-8H,9H2;7H,4-5H2,1-3H3;6,10H,3-5H2,1-2H3;4-7H,3H2,1-2H3. The van der Waals surface area contributed by atoms with Crippen LogP contribution in [0.25, 0.3) is 0 Å². The van der Waals surface area contributed by atoms with E-state index in [1.807, 2.05) is 151 Å². The molecule has 5 aromatic carbocycles. The van der Waals surface area contributed by atoms with Gasteiger partial charge in [0.25, 0.3) is 5.91 Å². The number of thioether (sulfide) groups is 7. The lowest BCUT2D eigenvalue weighted by Crippen LogP contribution is -2.55. The SMILES string of the molecule is CCOC(=O)C(C)SC(=S)N(N(C)c1ccccc1)P(=O)(OCC)OCC.CCOC(=O)C(C)SC(=S)N1N=C(C)CC1=O.CCOC(=O)C(C)SC(=S)N1NCCC1=O.CCOC(=O)C(C)SC(=S)n1cccn1.CCOC(=O)C(SC(=S)N1C=CC=CN1c1ccccc1)C(=O)OCC.N#CC(SC(=S)N1C(=O)CCC(=O)N1c1ccccc1)c1ccccc1.S=C(SCc1ccccc1)n1cccn1. The first-order valence-corrected chi connectivity index (χ1v) is 54.6. The smallest absolute Gasteiger partial charge is 0.455 e. The average molecular weight is 2220 g/mol. The van der Waals surface area contributed by atoms with Crippen LogP contribution in [-0.4, -0.2) is 232 Å². The number of hydrazine groups is 4. The van der Waals surface area contributed by atoms with Crippen molar-refractivity contribution in [2.24, 2.45) is 5.10 Å². The number of anilines is 3. The van der Waals surface area contributed by atoms with Gasteiger partial charge in [-0.3, -0.25) is 67.0 Å². The molecular weight excluding hydrogens is 2110 g/mol. The van der Waals surface area contributed by atoms with Gasteiger partial charge in [-0.2, -0.15) is 35.4 Å². The summed E-state index contributed by atoms with van der Waals surface area (Å²) >= 11 is 45.2. The van der Waals surface area contributed by atoms with Crippen LogP contribution in [0.15, 0.2) is 218 Å². The number of nitrogens with zero attached hydrogens (tertiary/aromatic N) is 14. The first-order chi connectivity index (χ1) is 68.0. The van der Waals surface area contributed by atoms with E-state index in [4.69, 9.17) is 123 Å². The van der Waals surface area contributed by atoms with Crippen molar-refractivity contribution in [3.63, 3.8) is 0 Å². The van der Waals surface area contributed by atoms with Gasteiger partial charge in [0.05, 0.1) is 82.4 Å². The third-order valence-electron chi connectivity index (χ3n) is 17.8. The summed E-state index contributed by atoms with van der Waals surface area (Å²) in [6, 6.07) is 53.1. The number of amides is 4. The van der Waals surface area contributed by atoms with Crippen molar-refractivity contribution >= 4 is 288 Å². The minimum Gasteiger partial charge on any atom is -0.465 e. The van der Waals surface area contributed by atoms with E-state index in [0.29, 0.717) is 51.4 Å². The van der Waals surface area contributed by atoms with Gasteiger partial charge in [-0.1, -0.05) is 283 Å². The molecule has 49 heteroatoms. The first-order valence-electron chi connectivity index (χ1n) is 44.0. The number of para-hydroxylation sites is 3. The van der Waals surface area contributed by atoms with Gasteiger partial charge in [0, 0.05) is 81.5 Å². The molecule has 5 atom stereocenters. The minimum atomic E-state index is -3.76. The van der Waals surface area contributed by atoms with Gasteiger partial charge in [-0.25, -0.2) is 34.4 Å². The zero-order valence-electron chi connectivity index (χ0n) is 80.3. The second-order valence-corrected chi connectivity index (χ2v) is 43.0. The van der Waals surface area contributed by atoms with Crippen LogP contribution in [0.3, 0.4) is 0 Å². The summed E-state index contributed by atoms with van der Waals surface area (Å²) in [7, 11) is -2.05. The number of hydrazone groups is 1. The van der Waals surface area contributed by atoms with Gasteiger partial charge in [-0.15, -0.1) is 0 Å². The number of esters is 6. The molecule has 2 saturated heterocycles. The molecule has 6 heterocycles. The number of nitrogens with one attached hydrogen (secondary N) is 1. The van der Waals surface area contributed by atoms with Crippen molar-refractivity contribution in [3.8, 4) is 6.07 Å². The number of carbonyl (C=O) groups excluding carboxylic acids is 10. The second-order valence-electron chi connectivity index (χ2n) is 28.1. The predicted octanol–water partition coefficient (Wildman–Crippen LogP) is 18.5. The molecule has 11 rings (SSSR count). The number of thiocarbonyl (C=S) groups is 7. The van der Waals surface area contributed by atoms with Crippen LogP contribution in [-0.2, 0) is 95.7 Å². The van der Waals surface area contributed by atoms with Crippen LogP contribution in [0.1, 0.15) is 132 Å². The second kappa shape index (κ2) is 67.0. The molecule has 4 amide bonds. The van der Waals surface area contributed by atoms with Crippen LogP contribution in [0.5, 0.6) is 0 Å². The lowest BCUT2D eigenvalue weighted by atomic mass is 10.2. The molecule has 142 heavy (non-hydrogen) atoms. The van der Waals surface area contributed by atoms with Gasteiger partial charge in [0.15, 0.2) is 30.2 Å². The Kier molecular flexibility index (Phi) is 57.9. The van der Waals surface area contributed by atoms with E-state index in [9.17, 15) is 57.8 Å². The molecule has 0 bridgehead atoms. The highest BCUT2D eigenvalue weighted by Crippen LogP contribution is 2.55. The van der Waals surface area contributed by atoms with Crippen LogP contribution in [0.2, 0.25) is 0 Å². The lowest BCUT2D eigenvalue weighted by Gasteiger charge is -2.38. The third kappa shape index (κ3) is 41.4. The molecule has 2 aromatic heterocycles. The number of aromatic nitrogens is 4. The van der Waals surface area contributed by atoms with Gasteiger partial charge < -0.3 is 28.4 Å². The van der Waals surface area contributed by atoms with Crippen LogP contribution in [0.4, 0.5) is 17.1 Å². The number of benzene rings is 5. The largest absolute Gasteiger partial charge is 0.465 e. The molecule has 2 fully saturated rings. The van der Waals surface area contributed by atoms with E-state index in [2.05, 4.69) is 38.9 Å². The third-order valence-corrected chi connectivity index (χ3v) is 30.1. The summed E-state index contributed by atoms with van der Waals surface area (Å²) in [5.74, 6) is -2.42. The van der Waals surface area contributed by atoms with Gasteiger partial charge in [0.2, 0.25) is 23.0 Å². The van der Waals surface area contributed by atoms with E-state index < -0.39 is 51.9 Å². The highest BCUT2D eigenvalue weighted by atomic mass is 32.2. The Hall–Kier alpha value is -9.75. The Balaban J connectivity index is 0.000000296. The fraction of sp³-hybridized carbons (Fsp3) is 0.366. The maximum absolute atomic E-state index is 13.5. The van der Waals surface area contributed by atoms with Crippen molar-refractivity contribution in [3.05, 3.63) is 224 Å². The summed E-state index contributed by atoms with van der Waals surface area (Å²) in [4.78, 5) is 118. The number of hydrogen-bond acceptors (Lipinski definition) is 40. The van der Waals surface area contributed by atoms with Gasteiger partial charge in [0.1, 0.15) is 26.2 Å². The Labute approximate surface area is 895 Å². The monoisotopic (exact) mass is 2220 g/mol. The maximum atomic E-state index is 13.5. The van der Waals surface area contributed by atoms with Crippen molar-refractivity contribution in [2.45, 2.75) is 153 Å². The normalized spacial score (nSPS) is 13.9. The number of nitriles is 1. The van der Waals surface area contributed by atoms with Crippen molar-refractivity contribution in [1.29, 1.82) is 5.26 Å². The molecule has 1 N–H and O–H groups in total. The summed E-state index contributed by atoms with van der Waals surface area (Å²) in [5, 5.41) is 28.3. The Morgan fingerprint density at radius 3 is 1.37 bits per heavy atom. The summed E-state index contributed by atoms with van der Waals surface area (Å²) < 4.78 is 61.3. The van der Waals surface area contributed by atoms with Crippen LogP contribution < -0.4 is 20.5 Å². The quantitative estimate of drug-likeness (QED) is 0.0109. The van der Waals surface area contributed by atoms with Crippen molar-refractivity contribution < 1.29 is 90.0 Å². The predicted molar refractivity (Wildman–Crippen MR) is 594 cm³/mol. The molecule has 4 aliphatic heterocycles.